The molecule has 5 aromatic carbocycles. The van der Waals surface area contributed by atoms with Gasteiger partial charge in [-0.3, -0.25) is 0 Å². The Hall–Kier alpha value is -4.47. The van der Waals surface area contributed by atoms with Crippen LogP contribution in [0.1, 0.15) is 34.1 Å². The molecular formula is C33H26N2O. The molecule has 1 atom stereocenters. The molecule has 0 aliphatic carbocycles. The molecule has 0 saturated carbocycles. The van der Waals surface area contributed by atoms with Crippen LogP contribution in [-0.2, 0) is 5.54 Å². The second-order valence-corrected chi connectivity index (χ2v) is 8.99. The summed E-state index contributed by atoms with van der Waals surface area (Å²) in [5.74, 6) is 0. The van der Waals surface area contributed by atoms with Crippen molar-refractivity contribution in [2.45, 2.75) is 11.6 Å². The van der Waals surface area contributed by atoms with Crippen LogP contribution >= 0.6 is 0 Å². The molecule has 6 rings (SSSR count). The van der Waals surface area contributed by atoms with Gasteiger partial charge in [-0.2, -0.15) is 0 Å². The van der Waals surface area contributed by atoms with Gasteiger partial charge in [-0.15, -0.1) is 0 Å². The Morgan fingerprint density at radius 1 is 0.583 bits per heavy atom. The van der Waals surface area contributed by atoms with E-state index in [0.717, 1.165) is 33.0 Å². The number of hydrogen-bond donors (Lipinski definition) is 1. The third-order valence-electron chi connectivity index (χ3n) is 6.96. The van der Waals surface area contributed by atoms with E-state index in [1.54, 1.807) is 0 Å². The number of hydrogen-bond acceptors (Lipinski definition) is 2. The van der Waals surface area contributed by atoms with Gasteiger partial charge in [0.25, 0.3) is 0 Å². The summed E-state index contributed by atoms with van der Waals surface area (Å²) in [6, 6.07) is 45.6. The monoisotopic (exact) mass is 466 g/mol. The smallest absolute Gasteiger partial charge is 0.123 e. The summed E-state index contributed by atoms with van der Waals surface area (Å²) >= 11 is 0. The van der Waals surface area contributed by atoms with Gasteiger partial charge in [-0.25, -0.2) is 4.98 Å². The minimum absolute atomic E-state index is 0.610. The molecule has 6 aromatic rings. The molecule has 0 spiro atoms. The van der Waals surface area contributed by atoms with E-state index in [2.05, 4.69) is 89.5 Å². The number of aromatic nitrogens is 2. The quantitative estimate of drug-likeness (QED) is 0.270. The van der Waals surface area contributed by atoms with Crippen LogP contribution in [0.2, 0.25) is 0 Å². The molecule has 36 heavy (non-hydrogen) atoms. The molecule has 0 amide bonds. The predicted molar refractivity (Wildman–Crippen MR) is 145 cm³/mol. The van der Waals surface area contributed by atoms with E-state index in [1.165, 1.54) is 0 Å². The maximum absolute atomic E-state index is 11.5. The predicted octanol–water partition coefficient (Wildman–Crippen LogP) is 6.96. The fourth-order valence-electron chi connectivity index (χ4n) is 5.30. The molecular weight excluding hydrogens is 440 g/mol. The van der Waals surface area contributed by atoms with Crippen molar-refractivity contribution in [1.29, 1.82) is 0 Å². The summed E-state index contributed by atoms with van der Waals surface area (Å²) in [6.07, 6.45) is 2.98. The first kappa shape index (κ1) is 22.0. The van der Waals surface area contributed by atoms with Crippen molar-refractivity contribution in [2.75, 3.05) is 0 Å². The second-order valence-electron chi connectivity index (χ2n) is 8.99. The molecule has 174 valence electrons. The van der Waals surface area contributed by atoms with Gasteiger partial charge in [0, 0.05) is 6.20 Å². The minimum Gasteiger partial charge on any atom is -0.382 e. The van der Waals surface area contributed by atoms with Crippen molar-refractivity contribution in [1.82, 2.24) is 9.55 Å². The van der Waals surface area contributed by atoms with E-state index in [0.29, 0.717) is 5.69 Å². The number of imidazole rings is 1. The zero-order valence-electron chi connectivity index (χ0n) is 19.8. The highest BCUT2D eigenvalue weighted by Crippen LogP contribution is 2.41. The molecule has 0 radical (unpaired) electrons. The summed E-state index contributed by atoms with van der Waals surface area (Å²) in [7, 11) is 0. The molecule has 0 fully saturated rings. The second kappa shape index (κ2) is 9.29. The molecule has 0 aliphatic rings. The molecule has 0 saturated heterocycles. The number of rotatable bonds is 6. The number of nitrogens with zero attached hydrogens (tertiary/aromatic N) is 2. The summed E-state index contributed by atoms with van der Waals surface area (Å²) < 4.78 is 2.14. The highest BCUT2D eigenvalue weighted by atomic mass is 16.3. The van der Waals surface area contributed by atoms with Crippen LogP contribution in [0, 0.1) is 0 Å². The van der Waals surface area contributed by atoms with Gasteiger partial charge < -0.3 is 9.67 Å². The molecule has 3 heteroatoms. The van der Waals surface area contributed by atoms with Gasteiger partial charge in [-0.05, 0) is 33.0 Å². The maximum atomic E-state index is 11.5. The Morgan fingerprint density at radius 2 is 1.08 bits per heavy atom. The molecule has 1 aromatic heterocycles. The van der Waals surface area contributed by atoms with Crippen LogP contribution in [0.4, 0.5) is 0 Å². The Kier molecular flexibility index (Phi) is 5.68. The summed E-state index contributed by atoms with van der Waals surface area (Å²) in [5.41, 5.74) is 4.15. The van der Waals surface area contributed by atoms with Gasteiger partial charge in [0.1, 0.15) is 11.6 Å². The normalized spacial score (nSPS) is 12.5. The van der Waals surface area contributed by atoms with Crippen LogP contribution in [-0.4, -0.2) is 14.7 Å². The topological polar surface area (TPSA) is 38.0 Å². The highest BCUT2D eigenvalue weighted by molar-refractivity contribution is 5.86. The number of fused-ring (bicyclic) bond motifs is 1. The molecule has 0 unspecified atom stereocenters. The van der Waals surface area contributed by atoms with Gasteiger partial charge in [0.05, 0.1) is 12.0 Å². The summed E-state index contributed by atoms with van der Waals surface area (Å²) in [4.78, 5) is 4.75. The lowest BCUT2D eigenvalue weighted by atomic mass is 9.77. The fourth-order valence-corrected chi connectivity index (χ4v) is 5.30. The van der Waals surface area contributed by atoms with E-state index in [9.17, 15) is 5.11 Å². The van der Waals surface area contributed by atoms with Crippen LogP contribution in [0.25, 0.3) is 10.8 Å². The zero-order chi connectivity index (χ0) is 24.4. The van der Waals surface area contributed by atoms with Crippen LogP contribution in [0.15, 0.2) is 146 Å². The van der Waals surface area contributed by atoms with Crippen molar-refractivity contribution in [2.24, 2.45) is 0 Å². The average molecular weight is 467 g/mol. The molecule has 0 aliphatic heterocycles. The third-order valence-corrected chi connectivity index (χ3v) is 6.96. The van der Waals surface area contributed by atoms with Crippen molar-refractivity contribution < 1.29 is 5.11 Å². The minimum atomic E-state index is -0.850. The Labute approximate surface area is 211 Å². The van der Waals surface area contributed by atoms with Gasteiger partial charge >= 0.3 is 0 Å². The van der Waals surface area contributed by atoms with E-state index in [4.69, 9.17) is 4.98 Å². The largest absolute Gasteiger partial charge is 0.382 e. The summed E-state index contributed by atoms with van der Waals surface area (Å²) in [6.45, 7) is 0. The third kappa shape index (κ3) is 3.62. The van der Waals surface area contributed by atoms with Crippen molar-refractivity contribution in [3.63, 3.8) is 0 Å². The lowest BCUT2D eigenvalue weighted by Crippen LogP contribution is -2.37. The van der Waals surface area contributed by atoms with E-state index in [1.807, 2.05) is 61.1 Å². The molecule has 0 bridgehead atoms. The first-order valence-corrected chi connectivity index (χ1v) is 12.1. The molecule has 3 nitrogen and oxygen atoms in total. The summed E-state index contributed by atoms with van der Waals surface area (Å²) in [5, 5.41) is 13.6. The van der Waals surface area contributed by atoms with Crippen LogP contribution in [0.5, 0.6) is 0 Å². The Morgan fingerprint density at radius 3 is 1.67 bits per heavy atom. The van der Waals surface area contributed by atoms with Gasteiger partial charge in [-0.1, -0.05) is 133 Å². The van der Waals surface area contributed by atoms with Gasteiger partial charge in [0.15, 0.2) is 0 Å². The van der Waals surface area contributed by atoms with Crippen LogP contribution < -0.4 is 0 Å². The first-order valence-electron chi connectivity index (χ1n) is 12.1. The molecule has 1 N–H and O–H groups in total. The number of benzene rings is 5. The van der Waals surface area contributed by atoms with Crippen molar-refractivity contribution in [3.8, 4) is 0 Å². The molecule has 1 heterocycles. The van der Waals surface area contributed by atoms with E-state index in [-0.39, 0.29) is 0 Å². The van der Waals surface area contributed by atoms with Crippen LogP contribution in [0.3, 0.4) is 0 Å². The maximum Gasteiger partial charge on any atom is 0.123 e. The van der Waals surface area contributed by atoms with E-state index < -0.39 is 11.6 Å². The first-order chi connectivity index (χ1) is 17.8. The zero-order valence-corrected chi connectivity index (χ0v) is 19.8. The van der Waals surface area contributed by atoms with E-state index >= 15 is 0 Å². The standard InChI is InChI=1S/C33H26N2O/c36-32(30-22-12-14-25-13-10-11-21-29(25)30)31-23-35(24-34-31)33(26-15-4-1-5-16-26,27-17-6-2-7-18-27)28-19-8-3-9-20-28/h1-24,32,36H/t32-/m1/s1. The van der Waals surface area contributed by atoms with Crippen molar-refractivity contribution >= 4 is 10.8 Å². The lowest BCUT2D eigenvalue weighted by Gasteiger charge is -2.37. The highest BCUT2D eigenvalue weighted by Gasteiger charge is 2.38. The Balaban J connectivity index is 1.57. The van der Waals surface area contributed by atoms with Gasteiger partial charge in [0.2, 0.25) is 0 Å². The van der Waals surface area contributed by atoms with Crippen molar-refractivity contribution in [3.05, 3.63) is 174 Å². The average Bonchev–Trinajstić information content (AvgIpc) is 3.45. The lowest BCUT2D eigenvalue weighted by molar-refractivity contribution is 0.217. The number of aliphatic hydroxyl groups is 1. The fraction of sp³-hybridized carbons (Fsp3) is 0.0606. The SMILES string of the molecule is O[C@@H](c1cn(C(c2ccccc2)(c2ccccc2)c2ccccc2)cn1)c1cccc2ccccc12. The Bertz CT molecular complexity index is 1490. The number of aliphatic hydroxyl groups excluding tert-OH is 1.